The number of amides is 1. The molecule has 148 valence electrons. The van der Waals surface area contributed by atoms with Crippen molar-refractivity contribution < 1.29 is 19.1 Å². The first kappa shape index (κ1) is 19.7. The molecule has 1 amide bonds. The number of Topliss-reactive ketones (excluding diaryl/α,β-unsaturated/α-hetero) is 1. The van der Waals surface area contributed by atoms with Gasteiger partial charge in [-0.2, -0.15) is 0 Å². The highest BCUT2D eigenvalue weighted by Gasteiger charge is 2.20. The van der Waals surface area contributed by atoms with Crippen LogP contribution in [0.3, 0.4) is 0 Å². The van der Waals surface area contributed by atoms with Crippen molar-refractivity contribution in [3.63, 3.8) is 0 Å². The fourth-order valence-electron chi connectivity index (χ4n) is 3.82. The van der Waals surface area contributed by atoms with E-state index in [1.54, 1.807) is 18.2 Å². The molecule has 0 radical (unpaired) electrons. The molecule has 0 aliphatic carbocycles. The van der Waals surface area contributed by atoms with E-state index in [0.29, 0.717) is 30.3 Å². The first-order valence-electron chi connectivity index (χ1n) is 9.96. The highest BCUT2D eigenvalue weighted by atomic mass is 16.6. The first-order valence-corrected chi connectivity index (χ1v) is 9.96. The molecule has 1 N–H and O–H groups in total. The molecule has 1 aromatic rings. The number of hydrogen-bond acceptors (Lipinski definition) is 5. The number of nitrogens with one attached hydrogen (secondary N) is 1. The number of nitrogens with zero attached hydrogens (tertiary/aromatic N) is 1. The van der Waals surface area contributed by atoms with Gasteiger partial charge in [0.1, 0.15) is 13.2 Å². The van der Waals surface area contributed by atoms with Gasteiger partial charge >= 0.3 is 0 Å². The molecule has 0 aromatic heterocycles. The van der Waals surface area contributed by atoms with Crippen LogP contribution in [0.4, 0.5) is 0 Å². The average Bonchev–Trinajstić information content (AvgIpc) is 2.65. The lowest BCUT2D eigenvalue weighted by molar-refractivity contribution is -0.121. The van der Waals surface area contributed by atoms with E-state index in [9.17, 15) is 9.59 Å². The molecular weight excluding hydrogens is 344 g/mol. The summed E-state index contributed by atoms with van der Waals surface area (Å²) in [6, 6.07) is 5.28. The fraction of sp³-hybridized carbons (Fsp3) is 0.619. The standard InChI is InChI=1S/C21H30N2O4/c1-15-4-3-9-23(13-15)14-16(2)22-21(25)8-6-18(24)17-5-7-19-20(12-17)27-11-10-26-19/h5,7,12,15-16H,3-4,6,8-11,13-14H2,1-2H3,(H,22,25). The Kier molecular flexibility index (Phi) is 6.72. The summed E-state index contributed by atoms with van der Waals surface area (Å²) in [6.45, 7) is 8.39. The molecule has 2 atom stereocenters. The zero-order valence-corrected chi connectivity index (χ0v) is 16.3. The van der Waals surface area contributed by atoms with Crippen LogP contribution in [0.25, 0.3) is 0 Å². The largest absolute Gasteiger partial charge is 0.486 e. The van der Waals surface area contributed by atoms with Gasteiger partial charge in [0.05, 0.1) is 0 Å². The predicted octanol–water partition coefficient (Wildman–Crippen LogP) is 2.66. The van der Waals surface area contributed by atoms with E-state index >= 15 is 0 Å². The quantitative estimate of drug-likeness (QED) is 0.743. The summed E-state index contributed by atoms with van der Waals surface area (Å²) in [5.74, 6) is 1.86. The Morgan fingerprint density at radius 1 is 1.22 bits per heavy atom. The van der Waals surface area contributed by atoms with Crippen LogP contribution in [0.15, 0.2) is 18.2 Å². The second-order valence-corrected chi connectivity index (χ2v) is 7.76. The summed E-state index contributed by atoms with van der Waals surface area (Å²) in [4.78, 5) is 27.0. The van der Waals surface area contributed by atoms with Crippen LogP contribution in [-0.2, 0) is 4.79 Å². The van der Waals surface area contributed by atoms with Crippen molar-refractivity contribution in [3.8, 4) is 11.5 Å². The van der Waals surface area contributed by atoms with E-state index in [1.165, 1.54) is 12.8 Å². The molecule has 2 heterocycles. The van der Waals surface area contributed by atoms with Gasteiger partial charge in [-0.15, -0.1) is 0 Å². The Morgan fingerprint density at radius 2 is 2.00 bits per heavy atom. The molecule has 6 nitrogen and oxygen atoms in total. The summed E-state index contributed by atoms with van der Waals surface area (Å²) in [7, 11) is 0. The van der Waals surface area contributed by atoms with Crippen molar-refractivity contribution >= 4 is 11.7 Å². The minimum Gasteiger partial charge on any atom is -0.486 e. The van der Waals surface area contributed by atoms with Crippen LogP contribution >= 0.6 is 0 Å². The van der Waals surface area contributed by atoms with Gasteiger partial charge in [0.15, 0.2) is 17.3 Å². The minimum atomic E-state index is -0.0709. The lowest BCUT2D eigenvalue weighted by Gasteiger charge is -2.32. The van der Waals surface area contributed by atoms with Gasteiger partial charge in [-0.1, -0.05) is 6.92 Å². The third kappa shape index (κ3) is 5.70. The molecule has 2 aliphatic heterocycles. The molecule has 0 bridgehead atoms. The highest BCUT2D eigenvalue weighted by Crippen LogP contribution is 2.31. The lowest BCUT2D eigenvalue weighted by atomic mass is 10.00. The van der Waals surface area contributed by atoms with Crippen molar-refractivity contribution in [1.29, 1.82) is 0 Å². The third-order valence-electron chi connectivity index (χ3n) is 5.12. The van der Waals surface area contributed by atoms with Crippen LogP contribution in [0.2, 0.25) is 0 Å². The number of ether oxygens (including phenoxy) is 2. The van der Waals surface area contributed by atoms with Gasteiger partial charge in [0.25, 0.3) is 0 Å². The van der Waals surface area contributed by atoms with Crippen LogP contribution in [0.5, 0.6) is 11.5 Å². The van der Waals surface area contributed by atoms with Crippen molar-refractivity contribution in [1.82, 2.24) is 10.2 Å². The Labute approximate surface area is 161 Å². The molecule has 0 saturated carbocycles. The Morgan fingerprint density at radius 3 is 2.78 bits per heavy atom. The zero-order chi connectivity index (χ0) is 19.2. The van der Waals surface area contributed by atoms with E-state index in [4.69, 9.17) is 9.47 Å². The number of hydrogen-bond donors (Lipinski definition) is 1. The first-order chi connectivity index (χ1) is 13.0. The average molecular weight is 374 g/mol. The normalized spacial score (nSPS) is 20.7. The Balaban J connectivity index is 1.42. The molecular formula is C21H30N2O4. The van der Waals surface area contributed by atoms with Crippen LogP contribution in [-0.4, -0.2) is 55.5 Å². The maximum atomic E-state index is 12.4. The summed E-state index contributed by atoms with van der Waals surface area (Å²) < 4.78 is 11.0. The maximum absolute atomic E-state index is 12.4. The van der Waals surface area contributed by atoms with Crippen molar-refractivity contribution in [2.75, 3.05) is 32.8 Å². The molecule has 1 fully saturated rings. The third-order valence-corrected chi connectivity index (χ3v) is 5.12. The van der Waals surface area contributed by atoms with Gasteiger partial charge < -0.3 is 19.7 Å². The van der Waals surface area contributed by atoms with E-state index in [2.05, 4.69) is 17.1 Å². The predicted molar refractivity (Wildman–Crippen MR) is 103 cm³/mol. The van der Waals surface area contributed by atoms with Gasteiger partial charge in [-0.3, -0.25) is 9.59 Å². The topological polar surface area (TPSA) is 67.9 Å². The number of likely N-dealkylation sites (tertiary alicyclic amines) is 1. The molecule has 27 heavy (non-hydrogen) atoms. The number of ketones is 1. The van der Waals surface area contributed by atoms with Crippen LogP contribution in [0.1, 0.15) is 49.9 Å². The summed E-state index contributed by atoms with van der Waals surface area (Å²) in [6.07, 6.45) is 2.91. The Hall–Kier alpha value is -2.08. The molecule has 2 aliphatic rings. The van der Waals surface area contributed by atoms with Gasteiger partial charge in [0, 0.05) is 37.5 Å². The SMILES string of the molecule is CC1CCCN(CC(C)NC(=O)CCC(=O)c2ccc3c(c2)OCCO3)C1. The van der Waals surface area contributed by atoms with Gasteiger partial charge in [-0.05, 0) is 50.4 Å². The number of rotatable bonds is 7. The number of fused-ring (bicyclic) bond motifs is 1. The summed E-state index contributed by atoms with van der Waals surface area (Å²) >= 11 is 0. The molecule has 2 unspecified atom stereocenters. The van der Waals surface area contributed by atoms with E-state index < -0.39 is 0 Å². The van der Waals surface area contributed by atoms with E-state index in [1.807, 2.05) is 6.92 Å². The van der Waals surface area contributed by atoms with Gasteiger partial charge in [-0.25, -0.2) is 0 Å². The minimum absolute atomic E-state index is 0.0559. The highest BCUT2D eigenvalue weighted by molar-refractivity contribution is 5.98. The van der Waals surface area contributed by atoms with Crippen LogP contribution in [0, 0.1) is 5.92 Å². The number of carbonyl (C=O) groups is 2. The second kappa shape index (κ2) is 9.22. The Bertz CT molecular complexity index is 676. The fourth-order valence-corrected chi connectivity index (χ4v) is 3.82. The second-order valence-electron chi connectivity index (χ2n) is 7.76. The number of carbonyl (C=O) groups excluding carboxylic acids is 2. The lowest BCUT2D eigenvalue weighted by Crippen LogP contribution is -2.45. The van der Waals surface area contributed by atoms with Crippen molar-refractivity contribution in [2.24, 2.45) is 5.92 Å². The number of benzene rings is 1. The van der Waals surface area contributed by atoms with Crippen molar-refractivity contribution in [3.05, 3.63) is 23.8 Å². The van der Waals surface area contributed by atoms with Gasteiger partial charge in [0.2, 0.25) is 5.91 Å². The molecule has 0 spiro atoms. The molecule has 3 rings (SSSR count). The monoisotopic (exact) mass is 374 g/mol. The molecule has 1 saturated heterocycles. The number of piperidine rings is 1. The van der Waals surface area contributed by atoms with Crippen molar-refractivity contribution in [2.45, 2.75) is 45.6 Å². The van der Waals surface area contributed by atoms with E-state index in [-0.39, 0.29) is 30.6 Å². The summed E-state index contributed by atoms with van der Waals surface area (Å²) in [5, 5.41) is 3.02. The zero-order valence-electron chi connectivity index (χ0n) is 16.3. The molecule has 1 aromatic carbocycles. The molecule has 6 heteroatoms. The van der Waals surface area contributed by atoms with E-state index in [0.717, 1.165) is 25.6 Å². The summed E-state index contributed by atoms with van der Waals surface area (Å²) in [5.41, 5.74) is 0.558. The van der Waals surface area contributed by atoms with Crippen LogP contribution < -0.4 is 14.8 Å². The maximum Gasteiger partial charge on any atom is 0.220 e. The smallest absolute Gasteiger partial charge is 0.220 e.